The normalized spacial score (nSPS) is 11.9. The van der Waals surface area contributed by atoms with Gasteiger partial charge in [0.15, 0.2) is 9.84 Å². The smallest absolute Gasteiger partial charge is 0.178 e. The largest absolute Gasteiger partial charge is 0.361 e. The van der Waals surface area contributed by atoms with E-state index in [1.165, 1.54) is 0 Å². The molecule has 0 radical (unpaired) electrons. The van der Waals surface area contributed by atoms with Crippen LogP contribution in [0.2, 0.25) is 0 Å². The van der Waals surface area contributed by atoms with Crippen molar-refractivity contribution in [3.05, 3.63) is 71.2 Å². The lowest BCUT2D eigenvalue weighted by Crippen LogP contribution is -2.10. The maximum Gasteiger partial charge on any atom is 0.178 e. The molecule has 32 heavy (non-hydrogen) atoms. The number of pyridine rings is 1. The van der Waals surface area contributed by atoms with Gasteiger partial charge in [-0.15, -0.1) is 11.3 Å². The van der Waals surface area contributed by atoms with Gasteiger partial charge in [0.1, 0.15) is 5.76 Å². The molecule has 7 nitrogen and oxygen atoms in total. The average Bonchev–Trinajstić information content (AvgIpc) is 3.38. The van der Waals surface area contributed by atoms with Crippen molar-refractivity contribution in [3.63, 3.8) is 0 Å². The summed E-state index contributed by atoms with van der Waals surface area (Å²) >= 11 is 1.59. The number of nitrogens with zero attached hydrogens (tertiary/aromatic N) is 3. The van der Waals surface area contributed by atoms with E-state index in [1.807, 2.05) is 36.7 Å². The van der Waals surface area contributed by atoms with Gasteiger partial charge >= 0.3 is 0 Å². The second kappa shape index (κ2) is 7.99. The fourth-order valence-electron chi connectivity index (χ4n) is 3.73. The number of hydrogen-bond acceptors (Lipinski definition) is 8. The van der Waals surface area contributed by atoms with Crippen molar-refractivity contribution in [2.45, 2.75) is 25.2 Å². The van der Waals surface area contributed by atoms with Crippen LogP contribution in [0.5, 0.6) is 0 Å². The van der Waals surface area contributed by atoms with Crippen molar-refractivity contribution in [2.75, 3.05) is 11.1 Å². The van der Waals surface area contributed by atoms with Gasteiger partial charge in [0.2, 0.25) is 0 Å². The second-order valence-electron chi connectivity index (χ2n) is 7.57. The van der Waals surface area contributed by atoms with Gasteiger partial charge < -0.3 is 9.84 Å². The molecule has 0 bridgehead atoms. The summed E-state index contributed by atoms with van der Waals surface area (Å²) in [4.78, 5) is 9.02. The number of benzene rings is 2. The third-order valence-electron chi connectivity index (χ3n) is 5.48. The van der Waals surface area contributed by atoms with E-state index in [2.05, 4.69) is 20.4 Å². The van der Waals surface area contributed by atoms with Gasteiger partial charge in [0.25, 0.3) is 0 Å². The van der Waals surface area contributed by atoms with Gasteiger partial charge in [-0.3, -0.25) is 4.98 Å². The summed E-state index contributed by atoms with van der Waals surface area (Å²) in [6, 6.07) is 12.9. The topological polar surface area (TPSA) is 98.0 Å². The van der Waals surface area contributed by atoms with Gasteiger partial charge in [-0.05, 0) is 62.7 Å². The molecule has 5 aromatic rings. The first-order chi connectivity index (χ1) is 15.4. The van der Waals surface area contributed by atoms with E-state index in [1.54, 1.807) is 42.7 Å². The Labute approximate surface area is 189 Å². The van der Waals surface area contributed by atoms with Gasteiger partial charge in [0.05, 0.1) is 37.6 Å². The van der Waals surface area contributed by atoms with Crippen molar-refractivity contribution < 1.29 is 12.9 Å². The third-order valence-corrected chi connectivity index (χ3v) is 8.01. The van der Waals surface area contributed by atoms with Crippen LogP contribution in [0.25, 0.3) is 21.1 Å². The zero-order valence-electron chi connectivity index (χ0n) is 17.5. The number of anilines is 2. The standard InChI is InChI=1S/C23H20N4O3S2/c1-14-18(15(2)30-27-14)8-10-32(28,29)17-4-5-20-19(12-17)21(7-9-24-20)26-16-3-6-23-22(11-16)25-13-31-23/h3-7,9,11-13H,8,10H2,1-2H3,(H,24,26). The van der Waals surface area contributed by atoms with Crippen molar-refractivity contribution in [3.8, 4) is 0 Å². The molecular formula is C23H20N4O3S2. The van der Waals surface area contributed by atoms with Crippen molar-refractivity contribution in [1.82, 2.24) is 15.1 Å². The summed E-state index contributed by atoms with van der Waals surface area (Å²) in [6.45, 7) is 3.62. The summed E-state index contributed by atoms with van der Waals surface area (Å²) in [7, 11) is -3.51. The molecule has 0 aliphatic rings. The van der Waals surface area contributed by atoms with Gasteiger partial charge in [-0.25, -0.2) is 13.4 Å². The minimum Gasteiger partial charge on any atom is -0.361 e. The lowest BCUT2D eigenvalue weighted by molar-refractivity contribution is 0.392. The molecule has 3 aromatic heterocycles. The van der Waals surface area contributed by atoms with E-state index in [9.17, 15) is 8.42 Å². The molecule has 1 N–H and O–H groups in total. The molecule has 162 valence electrons. The Balaban J connectivity index is 1.47. The van der Waals surface area contributed by atoms with E-state index in [-0.39, 0.29) is 10.6 Å². The van der Waals surface area contributed by atoms with Crippen molar-refractivity contribution >= 4 is 53.7 Å². The predicted molar refractivity (Wildman–Crippen MR) is 126 cm³/mol. The molecule has 0 unspecified atom stereocenters. The maximum atomic E-state index is 13.1. The zero-order valence-corrected chi connectivity index (χ0v) is 19.1. The van der Waals surface area contributed by atoms with Crippen LogP contribution in [0.4, 0.5) is 11.4 Å². The summed E-state index contributed by atoms with van der Waals surface area (Å²) in [5.74, 6) is 0.634. The number of aromatic nitrogens is 3. The second-order valence-corrected chi connectivity index (χ2v) is 10.6. The number of aryl methyl sites for hydroxylation is 2. The minimum atomic E-state index is -3.51. The highest BCUT2D eigenvalue weighted by Crippen LogP contribution is 2.30. The van der Waals surface area contributed by atoms with E-state index in [4.69, 9.17) is 4.52 Å². The van der Waals surface area contributed by atoms with Gasteiger partial charge in [0, 0.05) is 28.5 Å². The fraction of sp³-hybridized carbons (Fsp3) is 0.174. The molecular weight excluding hydrogens is 444 g/mol. The molecule has 0 atom stereocenters. The number of hydrogen-bond donors (Lipinski definition) is 1. The summed E-state index contributed by atoms with van der Waals surface area (Å²) in [5, 5.41) is 8.03. The highest BCUT2D eigenvalue weighted by molar-refractivity contribution is 7.91. The van der Waals surface area contributed by atoms with Crippen molar-refractivity contribution in [1.29, 1.82) is 0 Å². The fourth-order valence-corrected chi connectivity index (χ4v) is 5.67. The first-order valence-corrected chi connectivity index (χ1v) is 12.6. The lowest BCUT2D eigenvalue weighted by Gasteiger charge is -2.11. The highest BCUT2D eigenvalue weighted by atomic mass is 32.2. The Bertz CT molecular complexity index is 1530. The summed E-state index contributed by atoms with van der Waals surface area (Å²) in [5.41, 5.74) is 6.68. The minimum absolute atomic E-state index is 0.0229. The number of sulfone groups is 1. The highest BCUT2D eigenvalue weighted by Gasteiger charge is 2.19. The number of rotatable bonds is 6. The zero-order chi connectivity index (χ0) is 22.3. The van der Waals surface area contributed by atoms with Crippen LogP contribution in [0.3, 0.4) is 0 Å². The van der Waals surface area contributed by atoms with Crippen LogP contribution in [0.1, 0.15) is 17.0 Å². The Kier molecular flexibility index (Phi) is 5.15. The van der Waals surface area contributed by atoms with Crippen LogP contribution in [0.15, 0.2) is 63.6 Å². The first kappa shape index (κ1) is 20.6. The first-order valence-electron chi connectivity index (χ1n) is 10.0. The van der Waals surface area contributed by atoms with E-state index >= 15 is 0 Å². The number of thiazole rings is 1. The average molecular weight is 465 g/mol. The maximum absolute atomic E-state index is 13.1. The molecule has 3 heterocycles. The van der Waals surface area contributed by atoms with Gasteiger partial charge in [-0.1, -0.05) is 5.16 Å². The van der Waals surface area contributed by atoms with Crippen molar-refractivity contribution in [2.24, 2.45) is 0 Å². The lowest BCUT2D eigenvalue weighted by atomic mass is 10.1. The van der Waals surface area contributed by atoms with E-state index in [0.717, 1.165) is 43.8 Å². The summed E-state index contributed by atoms with van der Waals surface area (Å²) in [6.07, 6.45) is 2.06. The van der Waals surface area contributed by atoms with Gasteiger partial charge in [-0.2, -0.15) is 0 Å². The molecule has 0 aliphatic heterocycles. The molecule has 9 heteroatoms. The van der Waals surface area contributed by atoms with Crippen LogP contribution in [0, 0.1) is 13.8 Å². The van der Waals surface area contributed by atoms with E-state index in [0.29, 0.717) is 12.2 Å². The molecule has 2 aromatic carbocycles. The van der Waals surface area contributed by atoms with E-state index < -0.39 is 9.84 Å². The molecule has 0 fully saturated rings. The predicted octanol–water partition coefficient (Wildman–Crippen LogP) is 5.21. The SMILES string of the molecule is Cc1noc(C)c1CCS(=O)(=O)c1ccc2nccc(Nc3ccc4scnc4c3)c2c1. The Morgan fingerprint density at radius 3 is 2.72 bits per heavy atom. The molecule has 5 rings (SSSR count). The molecule has 0 saturated heterocycles. The molecule has 0 spiro atoms. The number of fused-ring (bicyclic) bond motifs is 2. The Morgan fingerprint density at radius 1 is 1.03 bits per heavy atom. The molecule has 0 aliphatic carbocycles. The monoisotopic (exact) mass is 464 g/mol. The van der Waals surface area contributed by atoms with Crippen LogP contribution >= 0.6 is 11.3 Å². The Hall–Kier alpha value is -3.30. The Morgan fingerprint density at radius 2 is 1.91 bits per heavy atom. The van der Waals surface area contributed by atoms with Crippen LogP contribution in [-0.4, -0.2) is 29.3 Å². The van der Waals surface area contributed by atoms with Crippen LogP contribution < -0.4 is 5.32 Å². The third kappa shape index (κ3) is 3.85. The quantitative estimate of drug-likeness (QED) is 0.368. The van der Waals surface area contributed by atoms with Crippen LogP contribution in [-0.2, 0) is 16.3 Å². The molecule has 0 saturated carbocycles. The number of nitrogens with one attached hydrogen (secondary N) is 1. The summed E-state index contributed by atoms with van der Waals surface area (Å²) < 4.78 is 32.4. The molecule has 0 amide bonds.